The Morgan fingerprint density at radius 2 is 2.00 bits per heavy atom. The number of rotatable bonds is 4. The zero-order chi connectivity index (χ0) is 14.9. The van der Waals surface area contributed by atoms with Gasteiger partial charge in [-0.2, -0.15) is 0 Å². The Labute approximate surface area is 119 Å². The van der Waals surface area contributed by atoms with Crippen LogP contribution < -0.4 is 4.72 Å². The summed E-state index contributed by atoms with van der Waals surface area (Å²) >= 11 is 0. The molecule has 0 aliphatic heterocycles. The molecule has 0 heterocycles. The molecule has 0 bridgehead atoms. The molecule has 1 aliphatic rings. The SMILES string of the molecule is Cc1ccc(C)c(S(=O)(=O)NC2CCCC2C(=O)O)c1. The number of aliphatic carboxylic acids is 1. The van der Waals surface area contributed by atoms with Crippen LogP contribution >= 0.6 is 0 Å². The first-order chi connectivity index (χ1) is 9.31. The lowest BCUT2D eigenvalue weighted by Crippen LogP contribution is -2.40. The summed E-state index contributed by atoms with van der Waals surface area (Å²) in [4.78, 5) is 11.4. The number of nitrogens with one attached hydrogen (secondary N) is 1. The normalized spacial score (nSPS) is 22.9. The zero-order valence-electron chi connectivity index (χ0n) is 11.6. The lowest BCUT2D eigenvalue weighted by atomic mass is 10.1. The third kappa shape index (κ3) is 3.02. The average Bonchev–Trinajstić information content (AvgIpc) is 2.79. The van der Waals surface area contributed by atoms with Crippen molar-refractivity contribution in [3.8, 4) is 0 Å². The minimum Gasteiger partial charge on any atom is -0.481 e. The summed E-state index contributed by atoms with van der Waals surface area (Å²) in [6.45, 7) is 3.56. The fourth-order valence-electron chi connectivity index (χ4n) is 2.66. The molecule has 2 atom stereocenters. The second kappa shape index (κ2) is 5.54. The Morgan fingerprint density at radius 1 is 1.30 bits per heavy atom. The minimum absolute atomic E-state index is 0.230. The van der Waals surface area contributed by atoms with Gasteiger partial charge in [0.05, 0.1) is 10.8 Å². The molecule has 2 unspecified atom stereocenters. The molecule has 0 radical (unpaired) electrons. The minimum atomic E-state index is -3.68. The van der Waals surface area contributed by atoms with Crippen LogP contribution in [0.5, 0.6) is 0 Å². The van der Waals surface area contributed by atoms with Crippen LogP contribution in [-0.4, -0.2) is 25.5 Å². The fraction of sp³-hybridized carbons (Fsp3) is 0.500. The van der Waals surface area contributed by atoms with Crippen molar-refractivity contribution in [3.05, 3.63) is 29.3 Å². The molecule has 1 fully saturated rings. The smallest absolute Gasteiger partial charge is 0.308 e. The second-order valence-corrected chi connectivity index (χ2v) is 7.05. The molecule has 1 saturated carbocycles. The number of hydrogen-bond acceptors (Lipinski definition) is 3. The zero-order valence-corrected chi connectivity index (χ0v) is 12.4. The highest BCUT2D eigenvalue weighted by molar-refractivity contribution is 7.89. The van der Waals surface area contributed by atoms with Crippen LogP contribution in [-0.2, 0) is 14.8 Å². The first kappa shape index (κ1) is 15.0. The van der Waals surface area contributed by atoms with E-state index < -0.39 is 28.0 Å². The molecule has 20 heavy (non-hydrogen) atoms. The average molecular weight is 297 g/mol. The molecule has 110 valence electrons. The number of sulfonamides is 1. The van der Waals surface area contributed by atoms with Crippen molar-refractivity contribution in [2.24, 2.45) is 5.92 Å². The number of benzene rings is 1. The summed E-state index contributed by atoms with van der Waals surface area (Å²) < 4.78 is 27.4. The molecule has 0 spiro atoms. The van der Waals surface area contributed by atoms with Gasteiger partial charge in [0.2, 0.25) is 10.0 Å². The van der Waals surface area contributed by atoms with Gasteiger partial charge >= 0.3 is 5.97 Å². The summed E-state index contributed by atoms with van der Waals surface area (Å²) in [6.07, 6.45) is 1.83. The van der Waals surface area contributed by atoms with E-state index in [1.165, 1.54) is 0 Å². The molecule has 6 heteroatoms. The lowest BCUT2D eigenvalue weighted by Gasteiger charge is -2.18. The van der Waals surface area contributed by atoms with Crippen molar-refractivity contribution >= 4 is 16.0 Å². The van der Waals surface area contributed by atoms with Gasteiger partial charge in [0.1, 0.15) is 0 Å². The highest BCUT2D eigenvalue weighted by atomic mass is 32.2. The predicted octanol–water partition coefficient (Wildman–Crippen LogP) is 1.84. The van der Waals surface area contributed by atoms with Crippen LogP contribution in [0.4, 0.5) is 0 Å². The lowest BCUT2D eigenvalue weighted by molar-refractivity contribution is -0.141. The maximum Gasteiger partial charge on any atom is 0.308 e. The Hall–Kier alpha value is -1.40. The number of hydrogen-bond donors (Lipinski definition) is 2. The van der Waals surface area contributed by atoms with Crippen LogP contribution in [0.25, 0.3) is 0 Å². The van der Waals surface area contributed by atoms with Crippen molar-refractivity contribution in [1.82, 2.24) is 4.72 Å². The number of carboxylic acids is 1. The summed E-state index contributed by atoms with van der Waals surface area (Å²) in [5.74, 6) is -1.56. The van der Waals surface area contributed by atoms with E-state index >= 15 is 0 Å². The maximum atomic E-state index is 12.4. The summed E-state index contributed by atoms with van der Waals surface area (Å²) in [6, 6.07) is 4.71. The van der Waals surface area contributed by atoms with Crippen LogP contribution in [0.15, 0.2) is 23.1 Å². The Bertz CT molecular complexity index is 624. The molecule has 1 aliphatic carbocycles. The Kier molecular flexibility index (Phi) is 4.15. The van der Waals surface area contributed by atoms with Crippen LogP contribution in [0.3, 0.4) is 0 Å². The standard InChI is InChI=1S/C14H19NO4S/c1-9-6-7-10(2)13(8-9)20(18,19)15-12-5-3-4-11(12)14(16)17/h6-8,11-12,15H,3-5H2,1-2H3,(H,16,17). The van der Waals surface area contributed by atoms with Gasteiger partial charge in [-0.15, -0.1) is 0 Å². The van der Waals surface area contributed by atoms with Gasteiger partial charge in [-0.3, -0.25) is 4.79 Å². The summed E-state index contributed by atoms with van der Waals surface area (Å²) in [7, 11) is -3.68. The molecule has 0 aromatic heterocycles. The quantitative estimate of drug-likeness (QED) is 0.888. The molecule has 0 amide bonds. The second-order valence-electron chi connectivity index (χ2n) is 5.37. The number of carboxylic acid groups (broad SMARTS) is 1. The van der Waals surface area contributed by atoms with Crippen LogP contribution in [0, 0.1) is 19.8 Å². The van der Waals surface area contributed by atoms with E-state index in [-0.39, 0.29) is 4.90 Å². The van der Waals surface area contributed by atoms with Crippen molar-refractivity contribution in [1.29, 1.82) is 0 Å². The molecule has 0 saturated heterocycles. The topological polar surface area (TPSA) is 83.5 Å². The van der Waals surface area contributed by atoms with Crippen LogP contribution in [0.1, 0.15) is 30.4 Å². The van der Waals surface area contributed by atoms with Gasteiger partial charge in [0, 0.05) is 6.04 Å². The predicted molar refractivity (Wildman–Crippen MR) is 75.0 cm³/mol. The Balaban J connectivity index is 2.27. The van der Waals surface area contributed by atoms with E-state index in [9.17, 15) is 13.2 Å². The third-order valence-electron chi connectivity index (χ3n) is 3.77. The monoisotopic (exact) mass is 297 g/mol. The van der Waals surface area contributed by atoms with Gasteiger partial charge in [-0.05, 0) is 43.9 Å². The molecular formula is C14H19NO4S. The molecule has 5 nitrogen and oxygen atoms in total. The van der Waals surface area contributed by atoms with E-state index in [0.29, 0.717) is 18.4 Å². The van der Waals surface area contributed by atoms with Gasteiger partial charge in [-0.1, -0.05) is 18.6 Å². The number of carbonyl (C=O) groups is 1. The van der Waals surface area contributed by atoms with Crippen molar-refractivity contribution in [2.45, 2.75) is 44.0 Å². The summed E-state index contributed by atoms with van der Waals surface area (Å²) in [5.41, 5.74) is 1.52. The van der Waals surface area contributed by atoms with Crippen LogP contribution in [0.2, 0.25) is 0 Å². The highest BCUT2D eigenvalue weighted by Crippen LogP contribution is 2.28. The molecule has 2 rings (SSSR count). The van der Waals surface area contributed by atoms with Gasteiger partial charge in [-0.25, -0.2) is 13.1 Å². The molecular weight excluding hydrogens is 278 g/mol. The van der Waals surface area contributed by atoms with Gasteiger partial charge in [0.15, 0.2) is 0 Å². The van der Waals surface area contributed by atoms with E-state index in [0.717, 1.165) is 12.0 Å². The van der Waals surface area contributed by atoms with E-state index in [2.05, 4.69) is 4.72 Å². The van der Waals surface area contributed by atoms with Crippen molar-refractivity contribution in [2.75, 3.05) is 0 Å². The first-order valence-electron chi connectivity index (χ1n) is 6.63. The maximum absolute atomic E-state index is 12.4. The first-order valence-corrected chi connectivity index (χ1v) is 8.12. The van der Waals surface area contributed by atoms with Gasteiger partial charge in [0.25, 0.3) is 0 Å². The third-order valence-corrected chi connectivity index (χ3v) is 5.40. The van der Waals surface area contributed by atoms with E-state index in [1.54, 1.807) is 19.1 Å². The largest absolute Gasteiger partial charge is 0.481 e. The Morgan fingerprint density at radius 3 is 2.65 bits per heavy atom. The molecule has 1 aromatic carbocycles. The van der Waals surface area contributed by atoms with Crippen molar-refractivity contribution in [3.63, 3.8) is 0 Å². The highest BCUT2D eigenvalue weighted by Gasteiger charge is 2.36. The number of aryl methyl sites for hydroxylation is 2. The molecule has 1 aromatic rings. The fourth-order valence-corrected chi connectivity index (χ4v) is 4.30. The van der Waals surface area contributed by atoms with E-state index in [1.807, 2.05) is 13.0 Å². The molecule has 2 N–H and O–H groups in total. The van der Waals surface area contributed by atoms with Gasteiger partial charge < -0.3 is 5.11 Å². The summed E-state index contributed by atoms with van der Waals surface area (Å²) in [5, 5.41) is 9.11. The van der Waals surface area contributed by atoms with E-state index in [4.69, 9.17) is 5.11 Å². The van der Waals surface area contributed by atoms with Crippen molar-refractivity contribution < 1.29 is 18.3 Å².